The largest absolute Gasteiger partial charge is 0.478 e. The Hall–Kier alpha value is -6.15. The van der Waals surface area contributed by atoms with Gasteiger partial charge in [-0.2, -0.15) is 0 Å². The number of hydrogen-bond acceptors (Lipinski definition) is 6. The van der Waals surface area contributed by atoms with Crippen LogP contribution in [0.1, 0.15) is 63.7 Å². The van der Waals surface area contributed by atoms with Gasteiger partial charge in [-0.05, 0) is 89.7 Å². The first-order valence-corrected chi connectivity index (χ1v) is 15.1. The minimum atomic E-state index is -1.11. The molecule has 47 heavy (non-hydrogen) atoms. The Morgan fingerprint density at radius 3 is 2.00 bits per heavy atom. The van der Waals surface area contributed by atoms with Crippen LogP contribution in [0, 0.1) is 13.8 Å². The number of carbonyl (C=O) groups excluding carboxylic acids is 3. The number of ether oxygens (including phenoxy) is 1. The van der Waals surface area contributed by atoms with Gasteiger partial charge in [-0.1, -0.05) is 60.7 Å². The second-order valence-corrected chi connectivity index (χ2v) is 11.6. The van der Waals surface area contributed by atoms with Gasteiger partial charge in [0, 0.05) is 10.8 Å². The number of nitrogens with zero attached hydrogens (tertiary/aromatic N) is 2. The minimum Gasteiger partial charge on any atom is -0.478 e. The van der Waals surface area contributed by atoms with Crippen LogP contribution in [-0.2, 0) is 17.9 Å². The van der Waals surface area contributed by atoms with Crippen molar-refractivity contribution in [2.75, 3.05) is 0 Å². The van der Waals surface area contributed by atoms with E-state index in [-0.39, 0.29) is 18.7 Å². The van der Waals surface area contributed by atoms with Crippen LogP contribution in [0.5, 0.6) is 0 Å². The number of aryl methyl sites for hydroxylation is 2. The third-order valence-electron chi connectivity index (χ3n) is 8.52. The second kappa shape index (κ2) is 11.7. The van der Waals surface area contributed by atoms with Gasteiger partial charge in [0.25, 0.3) is 11.8 Å². The Bertz CT molecular complexity index is 2240. The van der Waals surface area contributed by atoms with Crippen LogP contribution < -0.4 is 0 Å². The lowest BCUT2D eigenvalue weighted by atomic mass is 9.87. The number of esters is 1. The molecule has 0 unspecified atom stereocenters. The number of carboxylic acid groups (broad SMARTS) is 1. The highest BCUT2D eigenvalue weighted by Crippen LogP contribution is 2.39. The summed E-state index contributed by atoms with van der Waals surface area (Å²) in [6, 6.07) is 30.2. The summed E-state index contributed by atoms with van der Waals surface area (Å²) in [7, 11) is 0. The summed E-state index contributed by atoms with van der Waals surface area (Å²) in [6.07, 6.45) is 0. The predicted octanol–water partition coefficient (Wildman–Crippen LogP) is 7.52. The van der Waals surface area contributed by atoms with E-state index in [1.54, 1.807) is 66.7 Å². The molecule has 1 aromatic heterocycles. The van der Waals surface area contributed by atoms with Crippen molar-refractivity contribution >= 4 is 45.6 Å². The number of para-hydroxylation sites is 1. The van der Waals surface area contributed by atoms with Crippen LogP contribution >= 0.6 is 0 Å². The van der Waals surface area contributed by atoms with E-state index in [0.29, 0.717) is 49.6 Å². The summed E-state index contributed by atoms with van der Waals surface area (Å²) in [6.45, 7) is 3.81. The van der Waals surface area contributed by atoms with Gasteiger partial charge in [-0.15, -0.1) is 0 Å². The van der Waals surface area contributed by atoms with E-state index in [9.17, 15) is 24.3 Å². The Morgan fingerprint density at radius 2 is 1.34 bits per heavy atom. The number of carboxylic acids is 1. The first kappa shape index (κ1) is 29.6. The highest BCUT2D eigenvalue weighted by Gasteiger charge is 2.35. The maximum absolute atomic E-state index is 13.3. The molecule has 1 N–H and O–H groups in total. The van der Waals surface area contributed by atoms with Crippen molar-refractivity contribution in [1.82, 2.24) is 9.88 Å². The molecule has 2 amide bonds. The number of imide groups is 1. The zero-order chi connectivity index (χ0) is 32.8. The van der Waals surface area contributed by atoms with E-state index in [4.69, 9.17) is 9.72 Å². The van der Waals surface area contributed by atoms with Crippen LogP contribution in [0.25, 0.3) is 32.9 Å². The number of amides is 2. The summed E-state index contributed by atoms with van der Waals surface area (Å²) in [5.74, 6) is -2.37. The van der Waals surface area contributed by atoms with Crippen molar-refractivity contribution in [2.24, 2.45) is 0 Å². The van der Waals surface area contributed by atoms with Crippen molar-refractivity contribution in [3.05, 3.63) is 148 Å². The Balaban J connectivity index is 1.38. The Labute approximate surface area is 269 Å². The fraction of sp³-hybridized carbons (Fsp3) is 0.103. The lowest BCUT2D eigenvalue weighted by Crippen LogP contribution is -2.29. The maximum atomic E-state index is 13.3. The molecule has 7 rings (SSSR count). The number of fused-ring (bicyclic) bond motifs is 3. The summed E-state index contributed by atoms with van der Waals surface area (Å²) < 4.78 is 5.58. The fourth-order valence-corrected chi connectivity index (χ4v) is 6.47. The van der Waals surface area contributed by atoms with Crippen molar-refractivity contribution in [2.45, 2.75) is 27.0 Å². The predicted molar refractivity (Wildman–Crippen MR) is 177 cm³/mol. The lowest BCUT2D eigenvalue weighted by molar-refractivity contribution is 0.0471. The van der Waals surface area contributed by atoms with Gasteiger partial charge in [0.05, 0.1) is 39.8 Å². The highest BCUT2D eigenvalue weighted by atomic mass is 16.5. The molecule has 2 heterocycles. The molecule has 0 fully saturated rings. The number of pyridine rings is 1. The van der Waals surface area contributed by atoms with E-state index < -0.39 is 23.8 Å². The van der Waals surface area contributed by atoms with E-state index in [0.717, 1.165) is 22.3 Å². The van der Waals surface area contributed by atoms with Crippen molar-refractivity contribution < 1.29 is 29.0 Å². The van der Waals surface area contributed by atoms with Gasteiger partial charge in [0.2, 0.25) is 0 Å². The Kier molecular flexibility index (Phi) is 7.33. The van der Waals surface area contributed by atoms with Gasteiger partial charge in [-0.25, -0.2) is 14.6 Å². The van der Waals surface area contributed by atoms with Crippen LogP contribution in [0.4, 0.5) is 0 Å². The summed E-state index contributed by atoms with van der Waals surface area (Å²) >= 11 is 0. The molecule has 0 spiro atoms. The third-order valence-corrected chi connectivity index (χ3v) is 8.52. The van der Waals surface area contributed by atoms with Crippen molar-refractivity contribution in [3.8, 4) is 11.1 Å². The molecule has 1 aliphatic heterocycles. The number of hydrogen-bond donors (Lipinski definition) is 1. The summed E-state index contributed by atoms with van der Waals surface area (Å²) in [5, 5.41) is 11.5. The SMILES string of the molecule is Cc1cc(C(=O)OCc2ccccc2)cc(C)c1-c1cc(CN2C(=O)c3ccccc3C2=O)cc2nc3ccccc3c(C(=O)O)c12. The number of aromatic carboxylic acids is 1. The molecular formula is C39H28N2O6. The smallest absolute Gasteiger partial charge is 0.338 e. The Morgan fingerprint density at radius 1 is 0.723 bits per heavy atom. The summed E-state index contributed by atoms with van der Waals surface area (Å²) in [4.78, 5) is 58.6. The number of rotatable bonds is 7. The van der Waals surface area contributed by atoms with Crippen molar-refractivity contribution in [1.29, 1.82) is 0 Å². The molecule has 5 aromatic carbocycles. The van der Waals surface area contributed by atoms with Gasteiger partial charge in [-0.3, -0.25) is 14.5 Å². The van der Waals surface area contributed by atoms with Crippen molar-refractivity contribution in [3.63, 3.8) is 0 Å². The zero-order valence-electron chi connectivity index (χ0n) is 25.6. The number of benzene rings is 5. The molecule has 0 saturated heterocycles. The molecule has 0 aliphatic carbocycles. The standard InChI is InChI=1S/C39H28N2O6/c1-22-16-26(39(46)47-21-24-10-4-3-5-11-24)17-23(2)33(22)30-18-25(20-41-36(42)27-12-6-7-13-28(27)37(41)43)19-32-34(30)35(38(44)45)29-14-8-9-15-31(29)40-32/h3-19H,20-21H2,1-2H3,(H,44,45). The third kappa shape index (κ3) is 5.19. The van der Waals surface area contributed by atoms with Crippen LogP contribution in [0.15, 0.2) is 103 Å². The minimum absolute atomic E-state index is 0.0335. The second-order valence-electron chi connectivity index (χ2n) is 11.6. The molecule has 0 atom stereocenters. The first-order chi connectivity index (χ1) is 22.7. The monoisotopic (exact) mass is 620 g/mol. The van der Waals surface area contributed by atoms with E-state index in [1.807, 2.05) is 50.2 Å². The normalized spacial score (nSPS) is 12.5. The van der Waals surface area contributed by atoms with Crippen LogP contribution in [-0.4, -0.2) is 38.7 Å². The van der Waals surface area contributed by atoms with E-state index in [2.05, 4.69) is 0 Å². The lowest BCUT2D eigenvalue weighted by Gasteiger charge is -2.20. The van der Waals surface area contributed by atoms with Gasteiger partial charge in [0.15, 0.2) is 0 Å². The van der Waals surface area contributed by atoms with E-state index >= 15 is 0 Å². The fourth-order valence-electron chi connectivity index (χ4n) is 6.47. The zero-order valence-corrected chi connectivity index (χ0v) is 25.6. The number of carbonyl (C=O) groups is 4. The molecule has 0 saturated carbocycles. The van der Waals surface area contributed by atoms with Gasteiger partial charge >= 0.3 is 11.9 Å². The molecule has 8 heteroatoms. The molecule has 0 radical (unpaired) electrons. The topological polar surface area (TPSA) is 114 Å². The van der Waals surface area contributed by atoms with Gasteiger partial charge < -0.3 is 9.84 Å². The maximum Gasteiger partial charge on any atom is 0.338 e. The molecule has 0 bridgehead atoms. The van der Waals surface area contributed by atoms with Crippen LogP contribution in [0.2, 0.25) is 0 Å². The average molecular weight is 621 g/mol. The van der Waals surface area contributed by atoms with E-state index in [1.165, 1.54) is 4.90 Å². The quantitative estimate of drug-likeness (QED) is 0.112. The average Bonchev–Trinajstić information content (AvgIpc) is 3.30. The molecule has 6 aromatic rings. The molecule has 1 aliphatic rings. The molecular weight excluding hydrogens is 592 g/mol. The molecule has 230 valence electrons. The number of aromatic nitrogens is 1. The highest BCUT2D eigenvalue weighted by molar-refractivity contribution is 6.21. The molecule has 8 nitrogen and oxygen atoms in total. The van der Waals surface area contributed by atoms with Crippen LogP contribution in [0.3, 0.4) is 0 Å². The summed E-state index contributed by atoms with van der Waals surface area (Å²) in [5.41, 5.74) is 6.28. The van der Waals surface area contributed by atoms with Gasteiger partial charge in [0.1, 0.15) is 6.61 Å². The first-order valence-electron chi connectivity index (χ1n) is 15.1.